The summed E-state index contributed by atoms with van der Waals surface area (Å²) in [4.78, 5) is 0. The number of hydrogen-bond donors (Lipinski definition) is 0. The quantitative estimate of drug-likeness (QED) is 0.651. The van der Waals surface area contributed by atoms with Crippen molar-refractivity contribution in [1.82, 2.24) is 0 Å². The molecule has 3 heteroatoms. The Balaban J connectivity index is 1.63. The van der Waals surface area contributed by atoms with Crippen LogP contribution in [0.5, 0.6) is 5.75 Å². The van der Waals surface area contributed by atoms with Gasteiger partial charge >= 0.3 is 0 Å². The van der Waals surface area contributed by atoms with Crippen LogP contribution in [-0.4, -0.2) is 6.61 Å². The summed E-state index contributed by atoms with van der Waals surface area (Å²) in [7, 11) is 0. The summed E-state index contributed by atoms with van der Waals surface area (Å²) in [6.07, 6.45) is 6.27. The first-order chi connectivity index (χ1) is 11.7. The molecule has 3 rings (SSSR count). The molecule has 0 amide bonds. The molecule has 127 valence electrons. The summed E-state index contributed by atoms with van der Waals surface area (Å²) >= 11 is 0. The summed E-state index contributed by atoms with van der Waals surface area (Å²) in [6.45, 7) is 2.94. The summed E-state index contributed by atoms with van der Waals surface area (Å²) < 4.78 is 32.9. The molecular weight excluding hydrogens is 306 g/mol. The average molecular weight is 329 g/mol. The Morgan fingerprint density at radius 1 is 1.04 bits per heavy atom. The Labute approximate surface area is 142 Å². The molecule has 0 aliphatic heterocycles. The highest BCUT2D eigenvalue weighted by molar-refractivity contribution is 5.65. The highest BCUT2D eigenvalue weighted by Gasteiger charge is 2.20. The number of benzene rings is 2. The van der Waals surface area contributed by atoms with Crippen LogP contribution in [0, 0.1) is 29.5 Å². The average Bonchev–Trinajstić information content (AvgIpc) is 2.60. The molecule has 0 N–H and O–H groups in total. The zero-order valence-corrected chi connectivity index (χ0v) is 14.0. The van der Waals surface area contributed by atoms with Crippen LogP contribution in [0.25, 0.3) is 11.1 Å². The Bertz CT molecular complexity index is 675. The van der Waals surface area contributed by atoms with Gasteiger partial charge in [0.2, 0.25) is 0 Å². The molecule has 1 aliphatic rings. The molecule has 0 aromatic heterocycles. The smallest absolute Gasteiger partial charge is 0.133 e. The molecule has 1 fully saturated rings. The summed E-state index contributed by atoms with van der Waals surface area (Å²) in [5.41, 5.74) is 1.05. The molecule has 0 heterocycles. The second kappa shape index (κ2) is 7.78. The topological polar surface area (TPSA) is 9.23 Å². The third-order valence-corrected chi connectivity index (χ3v) is 5.04. The molecule has 2 aromatic carbocycles. The van der Waals surface area contributed by atoms with E-state index in [9.17, 15) is 8.78 Å². The van der Waals surface area contributed by atoms with E-state index >= 15 is 0 Å². The van der Waals surface area contributed by atoms with Crippen LogP contribution in [0.4, 0.5) is 8.78 Å². The molecule has 0 unspecified atom stereocenters. The van der Waals surface area contributed by atoms with Crippen molar-refractivity contribution in [3.8, 4) is 16.9 Å². The monoisotopic (exact) mass is 329 g/mol. The molecule has 0 bridgehead atoms. The fourth-order valence-corrected chi connectivity index (χ4v) is 3.43. The standard InChI is InChI=1S/C21H23F2O/c1-2-15-6-8-16(9-7-15)14-24-19-5-3-4-17(12-19)20-11-10-18(22)13-21(20)23/h3-4,10-13,15-16H,2,6-9,14H2,1H3/t15-,16-. The van der Waals surface area contributed by atoms with Gasteiger partial charge in [-0.1, -0.05) is 32.3 Å². The van der Waals surface area contributed by atoms with E-state index in [0.29, 0.717) is 29.4 Å². The van der Waals surface area contributed by atoms with Crippen molar-refractivity contribution in [2.75, 3.05) is 6.61 Å². The van der Waals surface area contributed by atoms with Gasteiger partial charge in [-0.2, -0.15) is 0 Å². The SMILES string of the molecule is CC[C@H]1CC[C@H](COc2[c]ccc(-c3ccc(F)cc3F)c2)CC1. The van der Waals surface area contributed by atoms with Gasteiger partial charge in [0.15, 0.2) is 0 Å². The molecule has 1 aliphatic carbocycles. The van der Waals surface area contributed by atoms with Gasteiger partial charge in [-0.25, -0.2) is 8.78 Å². The molecule has 2 aromatic rings. The summed E-state index contributed by atoms with van der Waals surface area (Å²) in [5, 5.41) is 0. The van der Waals surface area contributed by atoms with Crippen molar-refractivity contribution >= 4 is 0 Å². The Kier molecular flexibility index (Phi) is 5.49. The maximum atomic E-state index is 13.9. The van der Waals surface area contributed by atoms with Crippen molar-refractivity contribution in [2.45, 2.75) is 39.0 Å². The number of hydrogen-bond acceptors (Lipinski definition) is 1. The first-order valence-corrected chi connectivity index (χ1v) is 8.75. The fraction of sp³-hybridized carbons (Fsp3) is 0.429. The van der Waals surface area contributed by atoms with Gasteiger partial charge in [0.25, 0.3) is 0 Å². The molecule has 0 atom stereocenters. The van der Waals surface area contributed by atoms with Crippen molar-refractivity contribution in [3.63, 3.8) is 0 Å². The molecule has 0 saturated heterocycles. The van der Waals surface area contributed by atoms with Crippen LogP contribution in [0.3, 0.4) is 0 Å². The minimum absolute atomic E-state index is 0.374. The zero-order valence-electron chi connectivity index (χ0n) is 14.0. The van der Waals surface area contributed by atoms with E-state index in [0.717, 1.165) is 12.0 Å². The van der Waals surface area contributed by atoms with Gasteiger partial charge in [0.05, 0.1) is 6.61 Å². The van der Waals surface area contributed by atoms with Crippen molar-refractivity contribution < 1.29 is 13.5 Å². The Morgan fingerprint density at radius 2 is 1.79 bits per heavy atom. The van der Waals surface area contributed by atoms with E-state index in [1.807, 2.05) is 0 Å². The zero-order chi connectivity index (χ0) is 16.9. The molecule has 1 radical (unpaired) electrons. The maximum absolute atomic E-state index is 13.9. The second-order valence-electron chi connectivity index (χ2n) is 6.67. The highest BCUT2D eigenvalue weighted by atomic mass is 19.1. The fourth-order valence-electron chi connectivity index (χ4n) is 3.43. The lowest BCUT2D eigenvalue weighted by Gasteiger charge is -2.27. The minimum atomic E-state index is -0.571. The van der Waals surface area contributed by atoms with Crippen LogP contribution in [0.1, 0.15) is 39.0 Å². The molecular formula is C21H23F2O. The van der Waals surface area contributed by atoms with Crippen molar-refractivity contribution in [1.29, 1.82) is 0 Å². The lowest BCUT2D eigenvalue weighted by Crippen LogP contribution is -2.19. The number of rotatable bonds is 5. The molecule has 1 saturated carbocycles. The largest absolute Gasteiger partial charge is 0.493 e. The normalized spacial score (nSPS) is 20.8. The number of ether oxygens (including phenoxy) is 1. The van der Waals surface area contributed by atoms with Crippen LogP contribution in [0.2, 0.25) is 0 Å². The molecule has 1 nitrogen and oxygen atoms in total. The second-order valence-corrected chi connectivity index (χ2v) is 6.67. The van der Waals surface area contributed by atoms with Gasteiger partial charge in [-0.3, -0.25) is 0 Å². The van der Waals surface area contributed by atoms with Gasteiger partial charge in [-0.15, -0.1) is 0 Å². The van der Waals surface area contributed by atoms with Gasteiger partial charge < -0.3 is 4.74 Å². The van der Waals surface area contributed by atoms with Crippen LogP contribution in [-0.2, 0) is 0 Å². The van der Waals surface area contributed by atoms with Crippen LogP contribution >= 0.6 is 0 Å². The molecule has 24 heavy (non-hydrogen) atoms. The van der Waals surface area contributed by atoms with E-state index in [1.54, 1.807) is 18.2 Å². The summed E-state index contributed by atoms with van der Waals surface area (Å²) in [6, 6.07) is 11.9. The van der Waals surface area contributed by atoms with E-state index in [4.69, 9.17) is 4.74 Å². The van der Waals surface area contributed by atoms with E-state index in [1.165, 1.54) is 44.2 Å². The summed E-state index contributed by atoms with van der Waals surface area (Å²) in [5.74, 6) is 0.946. The first-order valence-electron chi connectivity index (χ1n) is 8.75. The Hall–Kier alpha value is -1.90. The van der Waals surface area contributed by atoms with Crippen molar-refractivity contribution in [3.05, 3.63) is 54.1 Å². The first kappa shape index (κ1) is 16.9. The van der Waals surface area contributed by atoms with Crippen LogP contribution < -0.4 is 4.74 Å². The molecule has 0 spiro atoms. The van der Waals surface area contributed by atoms with Crippen molar-refractivity contribution in [2.24, 2.45) is 11.8 Å². The Morgan fingerprint density at radius 3 is 2.50 bits per heavy atom. The van der Waals surface area contributed by atoms with Crippen LogP contribution in [0.15, 0.2) is 36.4 Å². The van der Waals surface area contributed by atoms with Gasteiger partial charge in [-0.05, 0) is 54.5 Å². The predicted octanol–water partition coefficient (Wildman–Crippen LogP) is 6.03. The predicted molar refractivity (Wildman–Crippen MR) is 91.9 cm³/mol. The lowest BCUT2D eigenvalue weighted by atomic mass is 9.81. The van der Waals surface area contributed by atoms with E-state index in [-0.39, 0.29) is 0 Å². The maximum Gasteiger partial charge on any atom is 0.133 e. The van der Waals surface area contributed by atoms with Gasteiger partial charge in [0, 0.05) is 17.7 Å². The van der Waals surface area contributed by atoms with E-state index < -0.39 is 11.6 Å². The third-order valence-electron chi connectivity index (χ3n) is 5.04. The van der Waals surface area contributed by atoms with E-state index in [2.05, 4.69) is 13.0 Å². The highest BCUT2D eigenvalue weighted by Crippen LogP contribution is 2.31. The third kappa shape index (κ3) is 4.14. The number of halogens is 2. The lowest BCUT2D eigenvalue weighted by molar-refractivity contribution is 0.181. The minimum Gasteiger partial charge on any atom is -0.493 e. The van der Waals surface area contributed by atoms with Gasteiger partial charge in [0.1, 0.15) is 17.4 Å².